The standard InChI is InChI=1S/C20H26N2O3/c1-3-19(23)22-11-8-16(14-22)20(24)21-12-9-18(10-13-21)25-17-6-4-15(2)5-7-17/h3-7,16,18H,1,8-14H2,2H3. The molecule has 1 unspecified atom stereocenters. The Kier molecular flexibility index (Phi) is 5.41. The Bertz CT molecular complexity index is 633. The number of hydrogen-bond acceptors (Lipinski definition) is 3. The Hall–Kier alpha value is -2.30. The average molecular weight is 342 g/mol. The summed E-state index contributed by atoms with van der Waals surface area (Å²) in [5, 5.41) is 0. The summed E-state index contributed by atoms with van der Waals surface area (Å²) in [6.45, 7) is 8.18. The number of nitrogens with zero attached hydrogens (tertiary/aromatic N) is 2. The molecule has 3 rings (SSSR count). The Morgan fingerprint density at radius 3 is 2.36 bits per heavy atom. The molecule has 1 aromatic carbocycles. The van der Waals surface area contributed by atoms with Gasteiger partial charge < -0.3 is 14.5 Å². The monoisotopic (exact) mass is 342 g/mol. The number of aryl methyl sites for hydroxylation is 1. The highest BCUT2D eigenvalue weighted by Gasteiger charge is 2.34. The predicted octanol–water partition coefficient (Wildman–Crippen LogP) is 2.40. The summed E-state index contributed by atoms with van der Waals surface area (Å²) in [6.07, 6.45) is 3.93. The fourth-order valence-electron chi connectivity index (χ4n) is 3.55. The molecular weight excluding hydrogens is 316 g/mol. The maximum atomic E-state index is 12.7. The number of piperidine rings is 1. The van der Waals surface area contributed by atoms with Crippen LogP contribution in [0.3, 0.4) is 0 Å². The van der Waals surface area contributed by atoms with Crippen molar-refractivity contribution in [2.45, 2.75) is 32.3 Å². The van der Waals surface area contributed by atoms with Gasteiger partial charge in [-0.25, -0.2) is 0 Å². The minimum absolute atomic E-state index is 0.0709. The molecule has 0 aromatic heterocycles. The van der Waals surface area contributed by atoms with E-state index in [-0.39, 0.29) is 23.8 Å². The van der Waals surface area contributed by atoms with E-state index in [0.717, 1.165) is 38.1 Å². The van der Waals surface area contributed by atoms with Gasteiger partial charge in [-0.3, -0.25) is 9.59 Å². The van der Waals surface area contributed by atoms with Crippen LogP contribution < -0.4 is 4.74 Å². The van der Waals surface area contributed by atoms with Crippen molar-refractivity contribution in [3.05, 3.63) is 42.5 Å². The molecule has 0 N–H and O–H groups in total. The van der Waals surface area contributed by atoms with Crippen molar-refractivity contribution >= 4 is 11.8 Å². The van der Waals surface area contributed by atoms with Crippen LogP contribution in [-0.4, -0.2) is 53.9 Å². The van der Waals surface area contributed by atoms with Gasteiger partial charge in [0.2, 0.25) is 11.8 Å². The van der Waals surface area contributed by atoms with Crippen molar-refractivity contribution in [2.75, 3.05) is 26.2 Å². The van der Waals surface area contributed by atoms with Gasteiger partial charge in [0.1, 0.15) is 11.9 Å². The molecule has 0 radical (unpaired) electrons. The molecule has 1 atom stereocenters. The Labute approximate surface area is 149 Å². The van der Waals surface area contributed by atoms with E-state index in [2.05, 4.69) is 13.5 Å². The van der Waals surface area contributed by atoms with Crippen LogP contribution in [0.5, 0.6) is 5.75 Å². The number of carbonyl (C=O) groups excluding carboxylic acids is 2. The molecule has 2 aliphatic rings. The maximum Gasteiger partial charge on any atom is 0.245 e. The van der Waals surface area contributed by atoms with Crippen molar-refractivity contribution in [3.8, 4) is 5.75 Å². The zero-order chi connectivity index (χ0) is 17.8. The van der Waals surface area contributed by atoms with Crippen molar-refractivity contribution < 1.29 is 14.3 Å². The van der Waals surface area contributed by atoms with Crippen LogP contribution in [0.15, 0.2) is 36.9 Å². The molecule has 0 saturated carbocycles. The van der Waals surface area contributed by atoms with Gasteiger partial charge in [0.05, 0.1) is 5.92 Å². The van der Waals surface area contributed by atoms with Gasteiger partial charge in [0, 0.05) is 39.0 Å². The van der Waals surface area contributed by atoms with Crippen LogP contribution in [0, 0.1) is 12.8 Å². The Morgan fingerprint density at radius 2 is 1.72 bits per heavy atom. The minimum Gasteiger partial charge on any atom is -0.490 e. The molecule has 2 aliphatic heterocycles. The highest BCUT2D eigenvalue weighted by Crippen LogP contribution is 2.23. The zero-order valence-electron chi connectivity index (χ0n) is 14.8. The van der Waals surface area contributed by atoms with Gasteiger partial charge in [-0.15, -0.1) is 0 Å². The summed E-state index contributed by atoms with van der Waals surface area (Å²) in [5.41, 5.74) is 1.22. The Morgan fingerprint density at radius 1 is 1.08 bits per heavy atom. The molecule has 0 bridgehead atoms. The second-order valence-corrected chi connectivity index (χ2v) is 6.93. The lowest BCUT2D eigenvalue weighted by atomic mass is 10.0. The molecule has 2 heterocycles. The topological polar surface area (TPSA) is 49.9 Å². The maximum absolute atomic E-state index is 12.7. The van der Waals surface area contributed by atoms with E-state index in [1.807, 2.05) is 29.2 Å². The van der Waals surface area contributed by atoms with Crippen LogP contribution in [0.2, 0.25) is 0 Å². The SMILES string of the molecule is C=CC(=O)N1CCC(C(=O)N2CCC(Oc3ccc(C)cc3)CC2)C1. The lowest BCUT2D eigenvalue weighted by Gasteiger charge is -2.33. The number of carbonyl (C=O) groups is 2. The molecule has 5 nitrogen and oxygen atoms in total. The third kappa shape index (κ3) is 4.21. The van der Waals surface area contributed by atoms with Gasteiger partial charge in [-0.2, -0.15) is 0 Å². The third-order valence-electron chi connectivity index (χ3n) is 5.10. The van der Waals surface area contributed by atoms with E-state index in [0.29, 0.717) is 13.1 Å². The number of ether oxygens (including phenoxy) is 1. The zero-order valence-corrected chi connectivity index (χ0v) is 14.8. The number of hydrogen-bond donors (Lipinski definition) is 0. The lowest BCUT2D eigenvalue weighted by Crippen LogP contribution is -2.45. The molecule has 5 heteroatoms. The van der Waals surface area contributed by atoms with Crippen LogP contribution >= 0.6 is 0 Å². The largest absolute Gasteiger partial charge is 0.490 e. The fourth-order valence-corrected chi connectivity index (χ4v) is 3.55. The average Bonchev–Trinajstić information content (AvgIpc) is 3.13. The van der Waals surface area contributed by atoms with Gasteiger partial charge in [-0.1, -0.05) is 24.3 Å². The second kappa shape index (κ2) is 7.72. The first-order valence-electron chi connectivity index (χ1n) is 9.00. The molecular formula is C20H26N2O3. The molecule has 2 fully saturated rings. The number of rotatable bonds is 4. The second-order valence-electron chi connectivity index (χ2n) is 6.93. The van der Waals surface area contributed by atoms with Crippen molar-refractivity contribution in [1.29, 1.82) is 0 Å². The number of amides is 2. The predicted molar refractivity (Wildman–Crippen MR) is 96.3 cm³/mol. The van der Waals surface area contributed by atoms with E-state index >= 15 is 0 Å². The van der Waals surface area contributed by atoms with Crippen LogP contribution in [0.1, 0.15) is 24.8 Å². The van der Waals surface area contributed by atoms with Crippen LogP contribution in [0.4, 0.5) is 0 Å². The first kappa shape index (κ1) is 17.5. The summed E-state index contributed by atoms with van der Waals surface area (Å²) in [4.78, 5) is 28.0. The first-order valence-corrected chi connectivity index (χ1v) is 9.00. The highest BCUT2D eigenvalue weighted by atomic mass is 16.5. The van der Waals surface area contributed by atoms with Crippen LogP contribution in [0.25, 0.3) is 0 Å². The molecule has 134 valence electrons. The summed E-state index contributed by atoms with van der Waals surface area (Å²) in [5.74, 6) is 0.914. The van der Waals surface area contributed by atoms with E-state index in [9.17, 15) is 9.59 Å². The summed E-state index contributed by atoms with van der Waals surface area (Å²) < 4.78 is 6.02. The minimum atomic E-state index is -0.0829. The molecule has 25 heavy (non-hydrogen) atoms. The normalized spacial score (nSPS) is 21.2. The van der Waals surface area contributed by atoms with Crippen molar-refractivity contribution in [2.24, 2.45) is 5.92 Å². The van der Waals surface area contributed by atoms with Crippen molar-refractivity contribution in [1.82, 2.24) is 9.80 Å². The van der Waals surface area contributed by atoms with E-state index in [1.165, 1.54) is 11.6 Å². The van der Waals surface area contributed by atoms with E-state index < -0.39 is 0 Å². The van der Waals surface area contributed by atoms with Crippen LogP contribution in [-0.2, 0) is 9.59 Å². The van der Waals surface area contributed by atoms with E-state index in [1.54, 1.807) is 4.90 Å². The molecule has 0 aliphatic carbocycles. The van der Waals surface area contributed by atoms with Crippen molar-refractivity contribution in [3.63, 3.8) is 0 Å². The first-order chi connectivity index (χ1) is 12.1. The third-order valence-corrected chi connectivity index (χ3v) is 5.10. The molecule has 0 spiro atoms. The summed E-state index contributed by atoms with van der Waals surface area (Å²) in [6, 6.07) is 8.09. The molecule has 1 aromatic rings. The number of benzene rings is 1. The van der Waals surface area contributed by atoms with Gasteiger partial charge >= 0.3 is 0 Å². The summed E-state index contributed by atoms with van der Waals surface area (Å²) in [7, 11) is 0. The number of likely N-dealkylation sites (tertiary alicyclic amines) is 2. The Balaban J connectivity index is 1.47. The quantitative estimate of drug-likeness (QED) is 0.790. The smallest absolute Gasteiger partial charge is 0.245 e. The summed E-state index contributed by atoms with van der Waals surface area (Å²) >= 11 is 0. The van der Waals surface area contributed by atoms with Gasteiger partial charge in [-0.05, 0) is 31.6 Å². The lowest BCUT2D eigenvalue weighted by molar-refractivity contribution is -0.137. The molecule has 2 saturated heterocycles. The molecule has 2 amide bonds. The van der Waals surface area contributed by atoms with Gasteiger partial charge in [0.15, 0.2) is 0 Å². The van der Waals surface area contributed by atoms with Gasteiger partial charge in [0.25, 0.3) is 0 Å². The van der Waals surface area contributed by atoms with E-state index in [4.69, 9.17) is 4.74 Å². The highest BCUT2D eigenvalue weighted by molar-refractivity contribution is 5.88. The fraction of sp³-hybridized carbons (Fsp3) is 0.500.